The van der Waals surface area contributed by atoms with Gasteiger partial charge in [-0.3, -0.25) is 9.69 Å². The number of carboxylic acids is 1. The van der Waals surface area contributed by atoms with Crippen LogP contribution in [0, 0.1) is 5.92 Å². The first kappa shape index (κ1) is 24.1. The number of ether oxygens (including phenoxy) is 2. The molecule has 0 spiro atoms. The minimum Gasteiger partial charge on any atom is -0.493 e. The third-order valence-electron chi connectivity index (χ3n) is 5.75. The van der Waals surface area contributed by atoms with Crippen molar-refractivity contribution < 1.29 is 32.5 Å². The van der Waals surface area contributed by atoms with E-state index in [9.17, 15) is 23.1 Å². The average molecular weight is 492 g/mol. The largest absolute Gasteiger partial charge is 0.493 e. The van der Waals surface area contributed by atoms with Crippen molar-refractivity contribution in [3.05, 3.63) is 69.9 Å². The maximum absolute atomic E-state index is 13.6. The summed E-state index contributed by atoms with van der Waals surface area (Å²) >= 11 is 0.675. The summed E-state index contributed by atoms with van der Waals surface area (Å²) < 4.78 is 52.1. The fourth-order valence-electron chi connectivity index (χ4n) is 4.07. The molecule has 0 bridgehead atoms. The number of alkyl halides is 3. The number of thiophene rings is 1. The second-order valence-electron chi connectivity index (χ2n) is 8.15. The number of benzene rings is 2. The molecule has 3 aromatic rings. The molecular formula is C25H24F3NO4S. The van der Waals surface area contributed by atoms with Gasteiger partial charge in [0.25, 0.3) is 0 Å². The van der Waals surface area contributed by atoms with E-state index < -0.39 is 17.0 Å². The monoisotopic (exact) mass is 491 g/mol. The second kappa shape index (κ2) is 10.1. The van der Waals surface area contributed by atoms with Gasteiger partial charge in [-0.15, -0.1) is 11.3 Å². The molecule has 1 aromatic heterocycles. The lowest BCUT2D eigenvalue weighted by atomic mass is 10.1. The van der Waals surface area contributed by atoms with Gasteiger partial charge in [0.1, 0.15) is 11.5 Å². The van der Waals surface area contributed by atoms with Crippen LogP contribution in [0.1, 0.15) is 21.7 Å². The quantitative estimate of drug-likeness (QED) is 0.423. The Labute approximate surface area is 199 Å². The van der Waals surface area contributed by atoms with Gasteiger partial charge in [-0.2, -0.15) is 13.2 Å². The fourth-order valence-corrected chi connectivity index (χ4v) is 5.03. The molecule has 1 fully saturated rings. The maximum atomic E-state index is 13.6. The van der Waals surface area contributed by atoms with E-state index in [4.69, 9.17) is 9.47 Å². The van der Waals surface area contributed by atoms with Crippen LogP contribution in [-0.4, -0.2) is 36.2 Å². The lowest BCUT2D eigenvalue weighted by Crippen LogP contribution is -2.22. The molecule has 0 aliphatic carbocycles. The number of hydrogen-bond acceptors (Lipinski definition) is 5. The molecular weight excluding hydrogens is 467 g/mol. The Kier molecular flexibility index (Phi) is 7.13. The molecule has 1 aliphatic heterocycles. The number of rotatable bonds is 8. The van der Waals surface area contributed by atoms with Crippen LogP contribution < -0.4 is 9.47 Å². The summed E-state index contributed by atoms with van der Waals surface area (Å²) in [4.78, 5) is 13.0. The molecule has 1 atom stereocenters. The highest BCUT2D eigenvalue weighted by Gasteiger charge is 2.36. The maximum Gasteiger partial charge on any atom is 0.426 e. The van der Waals surface area contributed by atoms with E-state index in [0.29, 0.717) is 59.3 Å². The number of halogens is 3. The first-order valence-electron chi connectivity index (χ1n) is 10.7. The van der Waals surface area contributed by atoms with E-state index in [2.05, 4.69) is 4.90 Å². The van der Waals surface area contributed by atoms with Crippen molar-refractivity contribution in [3.63, 3.8) is 0 Å². The van der Waals surface area contributed by atoms with Gasteiger partial charge in [-0.1, -0.05) is 36.4 Å². The van der Waals surface area contributed by atoms with Crippen LogP contribution in [0.25, 0.3) is 11.1 Å². The van der Waals surface area contributed by atoms with E-state index >= 15 is 0 Å². The molecule has 4 rings (SSSR count). The Morgan fingerprint density at radius 1 is 1.15 bits per heavy atom. The zero-order valence-corrected chi connectivity index (χ0v) is 19.3. The third-order valence-corrected chi connectivity index (χ3v) is 6.90. The van der Waals surface area contributed by atoms with E-state index in [1.807, 2.05) is 12.1 Å². The Bertz CT molecular complexity index is 1150. The topological polar surface area (TPSA) is 59.0 Å². The minimum atomic E-state index is -4.46. The van der Waals surface area contributed by atoms with Crippen molar-refractivity contribution in [2.45, 2.75) is 25.7 Å². The smallest absolute Gasteiger partial charge is 0.426 e. The van der Waals surface area contributed by atoms with Gasteiger partial charge in [0, 0.05) is 23.5 Å². The van der Waals surface area contributed by atoms with Crippen molar-refractivity contribution >= 4 is 17.3 Å². The normalized spacial score (nSPS) is 16.5. The summed E-state index contributed by atoms with van der Waals surface area (Å²) in [6, 6.07) is 15.4. The number of hydrogen-bond donors (Lipinski definition) is 1. The zero-order valence-electron chi connectivity index (χ0n) is 18.5. The standard InChI is InChI=1S/C25H24F3NO4S/c1-32-22-11-16(13-29-10-9-18(14-29)24(30)31)7-8-21(22)33-15-19-12-20(17-5-3-2-4-6-17)23(34-19)25(26,27)28/h2-8,11-12,18H,9-10,13-15H2,1H3,(H,30,31). The van der Waals surface area contributed by atoms with Crippen LogP contribution in [0.2, 0.25) is 0 Å². The molecule has 0 radical (unpaired) electrons. The lowest BCUT2D eigenvalue weighted by molar-refractivity contribution is -0.141. The summed E-state index contributed by atoms with van der Waals surface area (Å²) in [5.74, 6) is -0.221. The number of likely N-dealkylation sites (tertiary alicyclic amines) is 1. The number of carbonyl (C=O) groups is 1. The van der Waals surface area contributed by atoms with Crippen LogP contribution in [0.15, 0.2) is 54.6 Å². The molecule has 5 nitrogen and oxygen atoms in total. The van der Waals surface area contributed by atoms with Gasteiger partial charge in [-0.25, -0.2) is 0 Å². The Morgan fingerprint density at radius 2 is 1.91 bits per heavy atom. The molecule has 0 amide bonds. The van der Waals surface area contributed by atoms with E-state index in [1.165, 1.54) is 13.2 Å². The SMILES string of the molecule is COc1cc(CN2CCC(C(=O)O)C2)ccc1OCc1cc(-c2ccccc2)c(C(F)(F)F)s1. The Morgan fingerprint density at radius 3 is 2.56 bits per heavy atom. The van der Waals surface area contributed by atoms with E-state index in [0.717, 1.165) is 5.56 Å². The van der Waals surface area contributed by atoms with Crippen molar-refractivity contribution in [1.29, 1.82) is 0 Å². The van der Waals surface area contributed by atoms with Crippen LogP contribution in [0.3, 0.4) is 0 Å². The van der Waals surface area contributed by atoms with Gasteiger partial charge in [0.2, 0.25) is 0 Å². The Balaban J connectivity index is 1.47. The van der Waals surface area contributed by atoms with Gasteiger partial charge in [-0.05, 0) is 42.3 Å². The number of carboxylic acid groups (broad SMARTS) is 1. The second-order valence-corrected chi connectivity index (χ2v) is 9.29. The summed E-state index contributed by atoms with van der Waals surface area (Å²) in [6.45, 7) is 1.77. The molecule has 2 aromatic carbocycles. The van der Waals surface area contributed by atoms with Crippen LogP contribution in [0.5, 0.6) is 11.5 Å². The van der Waals surface area contributed by atoms with Crippen LogP contribution >= 0.6 is 11.3 Å². The number of aliphatic carboxylic acids is 1. The van der Waals surface area contributed by atoms with E-state index in [-0.39, 0.29) is 18.1 Å². The van der Waals surface area contributed by atoms with Crippen LogP contribution in [0.4, 0.5) is 13.2 Å². The summed E-state index contributed by atoms with van der Waals surface area (Å²) in [5, 5.41) is 9.17. The summed E-state index contributed by atoms with van der Waals surface area (Å²) in [5.41, 5.74) is 1.59. The average Bonchev–Trinajstić information content (AvgIpc) is 3.46. The lowest BCUT2D eigenvalue weighted by Gasteiger charge is -2.17. The summed E-state index contributed by atoms with van der Waals surface area (Å²) in [6.07, 6.45) is -3.83. The van der Waals surface area contributed by atoms with Gasteiger partial charge in [0.15, 0.2) is 11.5 Å². The molecule has 2 heterocycles. The van der Waals surface area contributed by atoms with Crippen molar-refractivity contribution in [2.75, 3.05) is 20.2 Å². The molecule has 34 heavy (non-hydrogen) atoms. The molecule has 9 heteroatoms. The first-order valence-corrected chi connectivity index (χ1v) is 11.6. The number of nitrogens with zero attached hydrogens (tertiary/aromatic N) is 1. The van der Waals surface area contributed by atoms with Gasteiger partial charge < -0.3 is 14.6 Å². The van der Waals surface area contributed by atoms with E-state index in [1.54, 1.807) is 36.4 Å². The minimum absolute atomic E-state index is 0.0251. The predicted octanol–water partition coefficient (Wildman–Crippen LogP) is 5.93. The number of methoxy groups -OCH3 is 1. The highest BCUT2D eigenvalue weighted by molar-refractivity contribution is 7.12. The Hall–Kier alpha value is -3.04. The molecule has 1 aliphatic rings. The van der Waals surface area contributed by atoms with Crippen molar-refractivity contribution in [1.82, 2.24) is 4.90 Å². The molecule has 1 saturated heterocycles. The molecule has 1 unspecified atom stereocenters. The van der Waals surface area contributed by atoms with Crippen molar-refractivity contribution in [2.24, 2.45) is 5.92 Å². The summed E-state index contributed by atoms with van der Waals surface area (Å²) in [7, 11) is 1.50. The zero-order chi connectivity index (χ0) is 24.3. The fraction of sp³-hybridized carbons (Fsp3) is 0.320. The molecule has 1 N–H and O–H groups in total. The molecule has 0 saturated carbocycles. The highest BCUT2D eigenvalue weighted by Crippen LogP contribution is 2.43. The van der Waals surface area contributed by atoms with Gasteiger partial charge in [0.05, 0.1) is 13.0 Å². The van der Waals surface area contributed by atoms with Gasteiger partial charge >= 0.3 is 12.1 Å². The molecule has 180 valence electrons. The predicted molar refractivity (Wildman–Crippen MR) is 123 cm³/mol. The third kappa shape index (κ3) is 5.53. The first-order chi connectivity index (χ1) is 16.2. The van der Waals surface area contributed by atoms with Crippen molar-refractivity contribution in [3.8, 4) is 22.6 Å². The van der Waals surface area contributed by atoms with Crippen LogP contribution in [-0.2, 0) is 24.1 Å². The highest BCUT2D eigenvalue weighted by atomic mass is 32.1.